The van der Waals surface area contributed by atoms with E-state index in [0.29, 0.717) is 12.8 Å². The van der Waals surface area contributed by atoms with E-state index in [1.54, 1.807) is 12.4 Å². The number of carbonyl (C=O) groups is 2. The Morgan fingerprint density at radius 1 is 0.828 bits per heavy atom. The molecule has 0 aliphatic rings. The average Bonchev–Trinajstić information content (AvgIpc) is 3.12. The molecular weight excluding hydrogens is 556 g/mol. The minimum atomic E-state index is -1.14. The Labute approximate surface area is 216 Å². The molecule has 2 aromatic heterocycles. The number of rotatable bonds is 6. The van der Waals surface area contributed by atoms with Crippen LogP contribution in [0.25, 0.3) is 0 Å². The van der Waals surface area contributed by atoms with Gasteiger partial charge in [-0.15, -0.1) is 0 Å². The van der Waals surface area contributed by atoms with E-state index in [4.69, 9.17) is 0 Å². The monoisotopic (exact) mass is 580 g/mol. The number of aliphatic carboxylic acids is 2. The number of hydrogen-bond acceptors (Lipinski definition) is 6. The van der Waals surface area contributed by atoms with E-state index in [-0.39, 0.29) is 93.6 Å². The van der Waals surface area contributed by atoms with Gasteiger partial charge in [0, 0.05) is 36.6 Å². The second kappa shape index (κ2) is 25.4. The van der Waals surface area contributed by atoms with Gasteiger partial charge in [0.1, 0.15) is 12.1 Å². The van der Waals surface area contributed by atoms with E-state index < -0.39 is 24.0 Å². The molecule has 16 N–H and O–H groups in total. The molecule has 0 aliphatic heterocycles. The number of aromatic nitrogens is 4. The Kier molecular flexibility index (Phi) is 40.7. The van der Waals surface area contributed by atoms with E-state index in [1.807, 2.05) is 0 Å². The number of aromatic amines is 2. The molecule has 0 spiro atoms. The first-order valence-electron chi connectivity index (χ1n) is 6.42. The zero-order valence-electron chi connectivity index (χ0n) is 15.3. The van der Waals surface area contributed by atoms with Crippen LogP contribution in [-0.2, 0) is 22.4 Å². The van der Waals surface area contributed by atoms with Gasteiger partial charge >= 0.3 is 37.7 Å². The molecule has 0 radical (unpaired) electrons. The number of carbonyl (C=O) groups excluding carboxylic acids is 2. The molecule has 168 valence electrons. The van der Waals surface area contributed by atoms with E-state index in [9.17, 15) is 19.8 Å². The number of quaternary nitrogens is 2. The quantitative estimate of drug-likeness (QED) is 0.239. The molecule has 17 heteroatoms. The second-order valence-corrected chi connectivity index (χ2v) is 4.59. The second-order valence-electron chi connectivity index (χ2n) is 4.59. The van der Waals surface area contributed by atoms with Crippen molar-refractivity contribution in [1.29, 1.82) is 0 Å². The molecule has 0 unspecified atom stereocenters. The van der Waals surface area contributed by atoms with Crippen LogP contribution in [0.2, 0.25) is 0 Å². The van der Waals surface area contributed by atoms with Gasteiger partial charge in [0.05, 0.1) is 24.6 Å². The number of nitrogens with one attached hydrogen (secondary N) is 2. The summed E-state index contributed by atoms with van der Waals surface area (Å²) in [4.78, 5) is 33.5. The molecule has 14 nitrogen and oxygen atoms in total. The van der Waals surface area contributed by atoms with Crippen LogP contribution in [0.1, 0.15) is 11.4 Å². The number of hydrogen-bond donors (Lipinski definition) is 4. The first-order chi connectivity index (χ1) is 10.4. The van der Waals surface area contributed by atoms with Gasteiger partial charge in [0.2, 0.25) is 0 Å². The summed E-state index contributed by atoms with van der Waals surface area (Å²) < 4.78 is 0. The third-order valence-electron chi connectivity index (χ3n) is 2.71. The molecule has 2 rings (SSSR count). The maximum absolute atomic E-state index is 10.2. The van der Waals surface area contributed by atoms with Crippen LogP contribution in [-0.4, -0.2) is 104 Å². The first kappa shape index (κ1) is 46.5. The molecule has 0 aliphatic carbocycles. The number of imidazole rings is 2. The molecule has 2 aromatic rings. The van der Waals surface area contributed by atoms with Crippen LogP contribution >= 0.6 is 0 Å². The zero-order chi connectivity index (χ0) is 16.5. The van der Waals surface area contributed by atoms with Crippen LogP contribution < -0.4 is 55.6 Å². The van der Waals surface area contributed by atoms with Crippen LogP contribution in [0.3, 0.4) is 0 Å². The van der Waals surface area contributed by atoms with Crippen LogP contribution in [0.15, 0.2) is 25.0 Å². The maximum Gasteiger partial charge on any atom is 2.00 e. The van der Waals surface area contributed by atoms with Gasteiger partial charge in [-0.05, 0) is 0 Å². The topological polar surface area (TPSA) is 319 Å². The Hall–Kier alpha value is -0.660. The third-order valence-corrected chi connectivity index (χ3v) is 2.71. The van der Waals surface area contributed by atoms with Crippen molar-refractivity contribution >= 4 is 49.7 Å². The Bertz CT molecular complexity index is 541. The van der Waals surface area contributed by atoms with Crippen molar-refractivity contribution in [2.24, 2.45) is 0 Å². The fourth-order valence-electron chi connectivity index (χ4n) is 1.49. The molecule has 0 fully saturated rings. The molecular formula is C12H26Br2CaN6O8. The van der Waals surface area contributed by atoms with Gasteiger partial charge in [0.25, 0.3) is 0 Å². The van der Waals surface area contributed by atoms with Gasteiger partial charge < -0.3 is 97.1 Å². The molecule has 29 heavy (non-hydrogen) atoms. The molecule has 0 saturated heterocycles. The average molecular weight is 582 g/mol. The fraction of sp³-hybridized carbons (Fsp3) is 0.333. The SMILES string of the molecule is O.O.O.O.[Br-].[Br-].[Ca+2].[NH3+][C@@H](Cc1cnc[nH]1)C(=O)[O-].[NH3+][C@H](Cc1cnc[nH]1)C(=O)[O-]. The van der Waals surface area contributed by atoms with Crippen LogP contribution in [0, 0.1) is 0 Å². The summed E-state index contributed by atoms with van der Waals surface area (Å²) in [7, 11) is 0. The van der Waals surface area contributed by atoms with Crippen molar-refractivity contribution in [3.63, 3.8) is 0 Å². The van der Waals surface area contributed by atoms with Crippen LogP contribution in [0.5, 0.6) is 0 Å². The largest absolute Gasteiger partial charge is 2.00 e. The number of carboxylic acid groups (broad SMARTS) is 2. The van der Waals surface area contributed by atoms with Crippen molar-refractivity contribution in [1.82, 2.24) is 19.9 Å². The minimum Gasteiger partial charge on any atom is -1.00 e. The predicted molar refractivity (Wildman–Crippen MR) is 88.2 cm³/mol. The molecule has 2 heterocycles. The summed E-state index contributed by atoms with van der Waals surface area (Å²) in [6, 6.07) is -1.43. The molecule has 0 aromatic carbocycles. The molecule has 0 bridgehead atoms. The summed E-state index contributed by atoms with van der Waals surface area (Å²) >= 11 is 0. The van der Waals surface area contributed by atoms with E-state index in [2.05, 4.69) is 31.4 Å². The normalized spacial score (nSPS) is 9.72. The minimum absolute atomic E-state index is 0. The summed E-state index contributed by atoms with van der Waals surface area (Å²) in [6.07, 6.45) is 6.81. The van der Waals surface area contributed by atoms with E-state index >= 15 is 0 Å². The van der Waals surface area contributed by atoms with Crippen LogP contribution in [0.4, 0.5) is 0 Å². The van der Waals surface area contributed by atoms with E-state index in [1.165, 1.54) is 12.7 Å². The summed E-state index contributed by atoms with van der Waals surface area (Å²) in [5.41, 5.74) is 8.32. The number of H-pyrrole nitrogens is 2. The Morgan fingerprint density at radius 2 is 1.10 bits per heavy atom. The Morgan fingerprint density at radius 3 is 1.28 bits per heavy atom. The predicted octanol–water partition coefficient (Wildman–Crippen LogP) is -15.0. The van der Waals surface area contributed by atoms with Gasteiger partial charge in [-0.2, -0.15) is 0 Å². The standard InChI is InChI=1S/2C6H9N3O2.2BrH.Ca.4H2O/c2*7-5(6(10)11)1-4-2-8-3-9-4;;;;;;;/h2*2-3,5H,1,7H2,(H,8,9)(H,10,11);2*1H;;4*1H2/q;;;;+2;;;;/p-2/t2*5-;;;;;;;/m10......./s1. The number of carboxylic acids is 2. The first-order valence-corrected chi connectivity index (χ1v) is 6.42. The van der Waals surface area contributed by atoms with Crippen molar-refractivity contribution in [3.8, 4) is 0 Å². The summed E-state index contributed by atoms with van der Waals surface area (Å²) in [5, 5.41) is 20.4. The third kappa shape index (κ3) is 20.4. The Balaban J connectivity index is -0.0000000538. The van der Waals surface area contributed by atoms with Crippen molar-refractivity contribution < 1.29 is 87.1 Å². The van der Waals surface area contributed by atoms with Gasteiger partial charge in [0.15, 0.2) is 0 Å². The van der Waals surface area contributed by atoms with Gasteiger partial charge in [-0.25, -0.2) is 9.97 Å². The van der Waals surface area contributed by atoms with Gasteiger partial charge in [-0.1, -0.05) is 0 Å². The molecule has 0 saturated carbocycles. The zero-order valence-corrected chi connectivity index (χ0v) is 20.7. The van der Waals surface area contributed by atoms with Crippen molar-refractivity contribution in [2.75, 3.05) is 0 Å². The van der Waals surface area contributed by atoms with Gasteiger partial charge in [-0.3, -0.25) is 0 Å². The number of halogens is 2. The van der Waals surface area contributed by atoms with Crippen molar-refractivity contribution in [3.05, 3.63) is 36.4 Å². The van der Waals surface area contributed by atoms with E-state index in [0.717, 1.165) is 11.4 Å². The smallest absolute Gasteiger partial charge is 1.00 e. The fourth-order valence-corrected chi connectivity index (χ4v) is 1.49. The molecule has 2 atom stereocenters. The number of nitrogens with zero attached hydrogens (tertiary/aromatic N) is 2. The maximum atomic E-state index is 10.2. The summed E-state index contributed by atoms with van der Waals surface area (Å²) in [5.74, 6) is -2.28. The summed E-state index contributed by atoms with van der Waals surface area (Å²) in [6.45, 7) is 0. The molecule has 0 amide bonds. The van der Waals surface area contributed by atoms with Crippen molar-refractivity contribution in [2.45, 2.75) is 24.9 Å².